The fraction of sp³-hybridized carbons (Fsp3) is 0.571. The number of hydrogen-bond acceptors (Lipinski definition) is 1. The summed E-state index contributed by atoms with van der Waals surface area (Å²) in [5, 5.41) is 4.25. The summed E-state index contributed by atoms with van der Waals surface area (Å²) < 4.78 is 0. The third-order valence-corrected chi connectivity index (χ3v) is 3.59. The summed E-state index contributed by atoms with van der Waals surface area (Å²) in [6, 6.07) is 6.76. The molecule has 0 amide bonds. The van der Waals surface area contributed by atoms with E-state index in [1.807, 2.05) is 14.0 Å². The van der Waals surface area contributed by atoms with Crippen LogP contribution < -0.4 is 5.32 Å². The lowest BCUT2D eigenvalue weighted by molar-refractivity contribution is 0.384. The van der Waals surface area contributed by atoms with Crippen molar-refractivity contribution in [3.63, 3.8) is 0 Å². The van der Waals surface area contributed by atoms with Gasteiger partial charge in [0.25, 0.3) is 0 Å². The average Bonchev–Trinajstić information content (AvgIpc) is 2.25. The van der Waals surface area contributed by atoms with Crippen LogP contribution in [0, 0.1) is 12.8 Å². The first-order valence-corrected chi connectivity index (χ1v) is 6.41. The van der Waals surface area contributed by atoms with Gasteiger partial charge in [0.2, 0.25) is 0 Å². The predicted octanol–water partition coefficient (Wildman–Crippen LogP) is 4.35. The second-order valence-corrected chi connectivity index (χ2v) is 4.95. The van der Waals surface area contributed by atoms with Crippen LogP contribution in [0.1, 0.15) is 43.9 Å². The molecule has 0 saturated carbocycles. The van der Waals surface area contributed by atoms with Crippen molar-refractivity contribution in [1.29, 1.82) is 0 Å². The van der Waals surface area contributed by atoms with Crippen molar-refractivity contribution in [3.05, 3.63) is 34.3 Å². The Morgan fingerprint density at radius 1 is 1.38 bits per heavy atom. The van der Waals surface area contributed by atoms with Gasteiger partial charge in [-0.05, 0) is 43.5 Å². The van der Waals surface area contributed by atoms with Crippen LogP contribution in [-0.4, -0.2) is 7.05 Å². The van der Waals surface area contributed by atoms with Gasteiger partial charge in [0, 0.05) is 11.1 Å². The van der Waals surface area contributed by atoms with Crippen LogP contribution in [0.15, 0.2) is 18.2 Å². The summed E-state index contributed by atoms with van der Waals surface area (Å²) in [7, 11) is 2.02. The smallest absolute Gasteiger partial charge is 0.0438 e. The minimum atomic E-state index is 0.401. The summed E-state index contributed by atoms with van der Waals surface area (Å²) in [5.41, 5.74) is 2.43. The molecule has 0 fully saturated rings. The molecule has 2 unspecified atom stereocenters. The molecule has 0 heterocycles. The molecule has 0 aromatic heterocycles. The standard InChI is InChI=1S/C14H22ClN/c1-5-6-11(3)14(16-4)12-8-7-10(2)13(15)9-12/h7-9,11,14,16H,5-6H2,1-4H3. The average molecular weight is 240 g/mol. The Morgan fingerprint density at radius 3 is 2.56 bits per heavy atom. The Balaban J connectivity index is 2.90. The predicted molar refractivity (Wildman–Crippen MR) is 72.1 cm³/mol. The molecule has 16 heavy (non-hydrogen) atoms. The molecule has 0 aliphatic heterocycles. The van der Waals surface area contributed by atoms with Gasteiger partial charge in [-0.3, -0.25) is 0 Å². The lowest BCUT2D eigenvalue weighted by Crippen LogP contribution is -2.23. The number of benzene rings is 1. The van der Waals surface area contributed by atoms with Gasteiger partial charge in [0.15, 0.2) is 0 Å². The van der Waals surface area contributed by atoms with E-state index in [2.05, 4.69) is 37.4 Å². The lowest BCUT2D eigenvalue weighted by Gasteiger charge is -2.24. The van der Waals surface area contributed by atoms with E-state index < -0.39 is 0 Å². The highest BCUT2D eigenvalue weighted by atomic mass is 35.5. The maximum atomic E-state index is 6.17. The van der Waals surface area contributed by atoms with Crippen LogP contribution in [0.25, 0.3) is 0 Å². The van der Waals surface area contributed by atoms with Gasteiger partial charge in [-0.15, -0.1) is 0 Å². The molecule has 1 aromatic carbocycles. The molecule has 2 heteroatoms. The monoisotopic (exact) mass is 239 g/mol. The van der Waals surface area contributed by atoms with Crippen molar-refractivity contribution in [2.45, 2.75) is 39.7 Å². The van der Waals surface area contributed by atoms with Crippen LogP contribution >= 0.6 is 11.6 Å². The molecule has 90 valence electrons. The highest BCUT2D eigenvalue weighted by Gasteiger charge is 2.17. The molecule has 1 N–H and O–H groups in total. The molecule has 0 aliphatic rings. The largest absolute Gasteiger partial charge is 0.313 e. The van der Waals surface area contributed by atoms with E-state index in [1.165, 1.54) is 18.4 Å². The summed E-state index contributed by atoms with van der Waals surface area (Å²) in [5.74, 6) is 0.633. The van der Waals surface area contributed by atoms with E-state index in [1.54, 1.807) is 0 Å². The van der Waals surface area contributed by atoms with Gasteiger partial charge in [0.05, 0.1) is 0 Å². The number of nitrogens with one attached hydrogen (secondary N) is 1. The van der Waals surface area contributed by atoms with Crippen molar-refractivity contribution < 1.29 is 0 Å². The second-order valence-electron chi connectivity index (χ2n) is 4.54. The Bertz CT molecular complexity index is 336. The van der Waals surface area contributed by atoms with Gasteiger partial charge in [-0.25, -0.2) is 0 Å². The third-order valence-electron chi connectivity index (χ3n) is 3.18. The third kappa shape index (κ3) is 3.23. The number of hydrogen-bond donors (Lipinski definition) is 1. The maximum Gasteiger partial charge on any atom is 0.0438 e. The fourth-order valence-electron chi connectivity index (χ4n) is 2.20. The molecular weight excluding hydrogens is 218 g/mol. The molecule has 0 spiro atoms. The molecule has 0 saturated heterocycles. The quantitative estimate of drug-likeness (QED) is 0.806. The zero-order valence-corrected chi connectivity index (χ0v) is 11.4. The van der Waals surface area contributed by atoms with Crippen molar-refractivity contribution in [2.75, 3.05) is 7.05 Å². The minimum absolute atomic E-state index is 0.401. The summed E-state index contributed by atoms with van der Waals surface area (Å²) in [4.78, 5) is 0. The van der Waals surface area contributed by atoms with Crippen molar-refractivity contribution >= 4 is 11.6 Å². The van der Waals surface area contributed by atoms with E-state index >= 15 is 0 Å². The van der Waals surface area contributed by atoms with Crippen molar-refractivity contribution in [2.24, 2.45) is 5.92 Å². The molecule has 0 radical (unpaired) electrons. The second kappa shape index (κ2) is 6.27. The van der Waals surface area contributed by atoms with Gasteiger partial charge < -0.3 is 5.32 Å². The number of rotatable bonds is 5. The maximum absolute atomic E-state index is 6.17. The summed E-state index contributed by atoms with van der Waals surface area (Å²) >= 11 is 6.17. The first kappa shape index (κ1) is 13.5. The summed E-state index contributed by atoms with van der Waals surface area (Å²) in [6.07, 6.45) is 2.45. The van der Waals surface area contributed by atoms with E-state index in [4.69, 9.17) is 11.6 Å². The molecule has 0 bridgehead atoms. The SMILES string of the molecule is CCCC(C)C(NC)c1ccc(C)c(Cl)c1. The highest BCUT2D eigenvalue weighted by Crippen LogP contribution is 2.28. The van der Waals surface area contributed by atoms with Crippen LogP contribution in [0.3, 0.4) is 0 Å². The minimum Gasteiger partial charge on any atom is -0.313 e. The summed E-state index contributed by atoms with van der Waals surface area (Å²) in [6.45, 7) is 6.56. The zero-order chi connectivity index (χ0) is 12.1. The lowest BCUT2D eigenvalue weighted by atomic mass is 9.91. The van der Waals surface area contributed by atoms with E-state index in [0.29, 0.717) is 12.0 Å². The van der Waals surface area contributed by atoms with Crippen LogP contribution in [0.5, 0.6) is 0 Å². The Hall–Kier alpha value is -0.530. The highest BCUT2D eigenvalue weighted by molar-refractivity contribution is 6.31. The Labute approximate surface area is 104 Å². The van der Waals surface area contributed by atoms with E-state index in [9.17, 15) is 0 Å². The number of aryl methyl sites for hydroxylation is 1. The zero-order valence-electron chi connectivity index (χ0n) is 10.7. The molecular formula is C14H22ClN. The van der Waals surface area contributed by atoms with Gasteiger partial charge in [-0.1, -0.05) is 44.0 Å². The topological polar surface area (TPSA) is 12.0 Å². The van der Waals surface area contributed by atoms with Gasteiger partial charge in [0.1, 0.15) is 0 Å². The molecule has 1 nitrogen and oxygen atoms in total. The van der Waals surface area contributed by atoms with Crippen LogP contribution in [0.4, 0.5) is 0 Å². The van der Waals surface area contributed by atoms with E-state index in [-0.39, 0.29) is 0 Å². The normalized spacial score (nSPS) is 14.8. The molecule has 0 aliphatic carbocycles. The van der Waals surface area contributed by atoms with Crippen LogP contribution in [-0.2, 0) is 0 Å². The Morgan fingerprint density at radius 2 is 2.06 bits per heavy atom. The Kier molecular flexibility index (Phi) is 5.30. The van der Waals surface area contributed by atoms with Crippen LogP contribution in [0.2, 0.25) is 5.02 Å². The van der Waals surface area contributed by atoms with Crippen molar-refractivity contribution in [1.82, 2.24) is 5.32 Å². The molecule has 1 rings (SSSR count). The van der Waals surface area contributed by atoms with Crippen molar-refractivity contribution in [3.8, 4) is 0 Å². The first-order chi connectivity index (χ1) is 7.60. The van der Waals surface area contributed by atoms with E-state index in [0.717, 1.165) is 10.6 Å². The van der Waals surface area contributed by atoms with Gasteiger partial charge in [-0.2, -0.15) is 0 Å². The first-order valence-electron chi connectivity index (χ1n) is 6.03. The van der Waals surface area contributed by atoms with Gasteiger partial charge >= 0.3 is 0 Å². The molecule has 2 atom stereocenters. The number of halogens is 1. The fourth-order valence-corrected chi connectivity index (χ4v) is 2.39. The molecule has 1 aromatic rings.